The van der Waals surface area contributed by atoms with Crippen LogP contribution < -0.4 is 14.8 Å². The molecule has 0 saturated carbocycles. The second kappa shape index (κ2) is 10.5. The number of ether oxygens (including phenoxy) is 2. The normalized spacial score (nSPS) is 12.6. The number of nitrogens with one attached hydrogen (secondary N) is 1. The van der Waals surface area contributed by atoms with Gasteiger partial charge in [0.15, 0.2) is 11.5 Å². The molecule has 0 fully saturated rings. The third kappa shape index (κ3) is 6.51. The summed E-state index contributed by atoms with van der Waals surface area (Å²) in [5.74, 6) is 1.30. The van der Waals surface area contributed by atoms with Gasteiger partial charge in [0, 0.05) is 38.4 Å². The van der Waals surface area contributed by atoms with E-state index >= 15 is 0 Å². The van der Waals surface area contributed by atoms with Crippen LogP contribution >= 0.6 is 0 Å². The molecule has 1 aromatic heterocycles. The van der Waals surface area contributed by atoms with Crippen molar-refractivity contribution in [3.8, 4) is 11.5 Å². The molecule has 0 aliphatic rings. The highest BCUT2D eigenvalue weighted by Gasteiger charge is 2.13. The van der Waals surface area contributed by atoms with Crippen LogP contribution in [0.5, 0.6) is 11.5 Å². The van der Waals surface area contributed by atoms with Crippen molar-refractivity contribution in [2.45, 2.75) is 46.0 Å². The number of hydrogen-bond acceptors (Lipinski definition) is 6. The molecular weight excluding hydrogens is 356 g/mol. The third-order valence-corrected chi connectivity index (χ3v) is 4.84. The van der Waals surface area contributed by atoms with Crippen LogP contribution in [0.3, 0.4) is 0 Å². The van der Waals surface area contributed by atoms with Crippen molar-refractivity contribution in [2.75, 3.05) is 27.3 Å². The van der Waals surface area contributed by atoms with Crippen LogP contribution in [0, 0.1) is 6.92 Å². The zero-order valence-corrected chi connectivity index (χ0v) is 17.9. The van der Waals surface area contributed by atoms with E-state index in [0.29, 0.717) is 37.2 Å². The van der Waals surface area contributed by atoms with Crippen LogP contribution in [0.25, 0.3) is 0 Å². The van der Waals surface area contributed by atoms with Crippen LogP contribution in [0.15, 0.2) is 24.3 Å². The second-order valence-electron chi connectivity index (χ2n) is 7.49. The first kappa shape index (κ1) is 22.2. The first-order valence-corrected chi connectivity index (χ1v) is 9.68. The molecule has 7 nitrogen and oxygen atoms in total. The fourth-order valence-electron chi connectivity index (χ4n) is 2.78. The number of aliphatic hydroxyl groups is 1. The first-order chi connectivity index (χ1) is 13.3. The fourth-order valence-corrected chi connectivity index (χ4v) is 2.78. The number of nitrogens with zero attached hydrogens (tertiary/aromatic N) is 3. The van der Waals surface area contributed by atoms with Gasteiger partial charge >= 0.3 is 0 Å². The summed E-state index contributed by atoms with van der Waals surface area (Å²) in [5, 5.41) is 18.1. The quantitative estimate of drug-likeness (QED) is 0.612. The molecule has 156 valence electrons. The van der Waals surface area contributed by atoms with Crippen molar-refractivity contribution in [3.63, 3.8) is 0 Å². The fraction of sp³-hybridized carbons (Fsp3) is 0.571. The summed E-state index contributed by atoms with van der Waals surface area (Å²) in [6.45, 7) is 8.40. The van der Waals surface area contributed by atoms with Crippen molar-refractivity contribution in [1.29, 1.82) is 0 Å². The molecular formula is C21H34N4O3. The zero-order valence-electron chi connectivity index (χ0n) is 17.9. The highest BCUT2D eigenvalue weighted by atomic mass is 16.5. The van der Waals surface area contributed by atoms with Crippen LogP contribution in [-0.2, 0) is 20.1 Å². The molecule has 0 bridgehead atoms. The molecule has 7 heteroatoms. The second-order valence-corrected chi connectivity index (χ2v) is 7.49. The van der Waals surface area contributed by atoms with Gasteiger partial charge in [-0.1, -0.05) is 6.07 Å². The Bertz CT molecular complexity index is 726. The van der Waals surface area contributed by atoms with E-state index in [2.05, 4.69) is 35.2 Å². The average Bonchev–Trinajstić information content (AvgIpc) is 2.97. The number of benzene rings is 1. The van der Waals surface area contributed by atoms with Gasteiger partial charge in [-0.15, -0.1) is 0 Å². The molecule has 0 radical (unpaired) electrons. The number of aryl methyl sites for hydroxylation is 2. The van der Waals surface area contributed by atoms with Gasteiger partial charge in [-0.25, -0.2) is 0 Å². The maximum Gasteiger partial charge on any atom is 0.161 e. The highest BCUT2D eigenvalue weighted by molar-refractivity contribution is 5.43. The molecule has 0 aliphatic carbocycles. The van der Waals surface area contributed by atoms with Crippen LogP contribution in [0.2, 0.25) is 0 Å². The molecule has 1 atom stereocenters. The summed E-state index contributed by atoms with van der Waals surface area (Å²) in [5.41, 5.74) is 3.23. The molecule has 2 rings (SSSR count). The summed E-state index contributed by atoms with van der Waals surface area (Å²) in [6, 6.07) is 8.30. The SMILES string of the molecule is COc1ccc(CNCc2cc(C)n(C)n2)cc1OCC(O)CN(C)C(C)C. The van der Waals surface area contributed by atoms with Crippen LogP contribution in [0.1, 0.15) is 30.8 Å². The van der Waals surface area contributed by atoms with Crippen LogP contribution in [0.4, 0.5) is 0 Å². The third-order valence-electron chi connectivity index (χ3n) is 4.84. The number of likely N-dealkylation sites (N-methyl/N-ethyl adjacent to an activating group) is 1. The molecule has 0 saturated heterocycles. The predicted molar refractivity (Wildman–Crippen MR) is 111 cm³/mol. The number of aromatic nitrogens is 2. The van der Waals surface area contributed by atoms with Crippen molar-refractivity contribution in [1.82, 2.24) is 20.0 Å². The Balaban J connectivity index is 1.91. The molecule has 1 heterocycles. The number of aliphatic hydroxyl groups excluding tert-OH is 1. The maximum absolute atomic E-state index is 10.2. The van der Waals surface area contributed by atoms with Crippen molar-refractivity contribution < 1.29 is 14.6 Å². The van der Waals surface area contributed by atoms with E-state index in [1.54, 1.807) is 7.11 Å². The minimum absolute atomic E-state index is 0.220. The smallest absolute Gasteiger partial charge is 0.161 e. The summed E-state index contributed by atoms with van der Waals surface area (Å²) >= 11 is 0. The lowest BCUT2D eigenvalue weighted by Gasteiger charge is -2.24. The number of methoxy groups -OCH3 is 1. The topological polar surface area (TPSA) is 71.8 Å². The summed E-state index contributed by atoms with van der Waals surface area (Å²) in [4.78, 5) is 2.09. The maximum atomic E-state index is 10.2. The molecule has 0 spiro atoms. The Labute approximate surface area is 168 Å². The standard InChI is InChI=1S/C21H34N4O3/c1-15(2)24(4)13-19(26)14-28-21-10-17(7-8-20(21)27-6)11-22-12-18-9-16(3)25(5)23-18/h7-10,15,19,22,26H,11-14H2,1-6H3. The minimum Gasteiger partial charge on any atom is -0.493 e. The molecule has 1 unspecified atom stereocenters. The van der Waals surface area contributed by atoms with Crippen molar-refractivity contribution in [2.24, 2.45) is 7.05 Å². The summed E-state index contributed by atoms with van der Waals surface area (Å²) in [7, 11) is 5.55. The number of rotatable bonds is 11. The molecule has 1 aromatic carbocycles. The monoisotopic (exact) mass is 390 g/mol. The Hall–Kier alpha value is -2.09. The van der Waals surface area contributed by atoms with Gasteiger partial charge in [-0.2, -0.15) is 5.10 Å². The van der Waals surface area contributed by atoms with Gasteiger partial charge in [-0.05, 0) is 51.6 Å². The largest absolute Gasteiger partial charge is 0.493 e. The predicted octanol–water partition coefficient (Wildman–Crippen LogP) is 2.11. The Morgan fingerprint density at radius 2 is 1.96 bits per heavy atom. The highest BCUT2D eigenvalue weighted by Crippen LogP contribution is 2.28. The molecule has 2 N–H and O–H groups in total. The molecule has 0 amide bonds. The van der Waals surface area contributed by atoms with Gasteiger partial charge in [0.2, 0.25) is 0 Å². The molecule has 28 heavy (non-hydrogen) atoms. The minimum atomic E-state index is -0.564. The Morgan fingerprint density at radius 3 is 2.57 bits per heavy atom. The summed E-state index contributed by atoms with van der Waals surface area (Å²) < 4.78 is 13.1. The average molecular weight is 391 g/mol. The zero-order chi connectivity index (χ0) is 20.7. The van der Waals surface area contributed by atoms with Gasteiger partial charge in [0.25, 0.3) is 0 Å². The van der Waals surface area contributed by atoms with Gasteiger partial charge < -0.3 is 24.8 Å². The van der Waals surface area contributed by atoms with E-state index in [0.717, 1.165) is 17.0 Å². The van der Waals surface area contributed by atoms with Crippen LogP contribution in [-0.4, -0.2) is 59.2 Å². The van der Waals surface area contributed by atoms with E-state index in [9.17, 15) is 5.11 Å². The number of hydrogen-bond donors (Lipinski definition) is 2. The van der Waals surface area contributed by atoms with E-state index in [1.807, 2.05) is 43.9 Å². The lowest BCUT2D eigenvalue weighted by molar-refractivity contribution is 0.0668. The van der Waals surface area contributed by atoms with E-state index in [1.165, 1.54) is 0 Å². The molecule has 2 aromatic rings. The van der Waals surface area contributed by atoms with Gasteiger partial charge in [0.05, 0.1) is 12.8 Å². The lowest BCUT2D eigenvalue weighted by Crippen LogP contribution is -2.37. The van der Waals surface area contributed by atoms with Crippen molar-refractivity contribution >= 4 is 0 Å². The Kier molecular flexibility index (Phi) is 8.29. The summed E-state index contributed by atoms with van der Waals surface area (Å²) in [6.07, 6.45) is -0.564. The molecule has 0 aliphatic heterocycles. The van der Waals surface area contributed by atoms with E-state index < -0.39 is 6.10 Å². The van der Waals surface area contributed by atoms with Gasteiger partial charge in [0.1, 0.15) is 12.7 Å². The van der Waals surface area contributed by atoms with Crippen molar-refractivity contribution in [3.05, 3.63) is 41.2 Å². The first-order valence-electron chi connectivity index (χ1n) is 9.68. The lowest BCUT2D eigenvalue weighted by atomic mass is 10.2. The van der Waals surface area contributed by atoms with E-state index in [-0.39, 0.29) is 6.61 Å². The van der Waals surface area contributed by atoms with E-state index in [4.69, 9.17) is 9.47 Å². The Morgan fingerprint density at radius 1 is 1.21 bits per heavy atom. The van der Waals surface area contributed by atoms with Gasteiger partial charge in [-0.3, -0.25) is 4.68 Å².